The fourth-order valence-electron chi connectivity index (χ4n) is 2.11. The van der Waals surface area contributed by atoms with Gasteiger partial charge in [0.1, 0.15) is 0 Å². The van der Waals surface area contributed by atoms with Gasteiger partial charge < -0.3 is 0 Å². The van der Waals surface area contributed by atoms with Crippen LogP contribution >= 0.6 is 0 Å². The molecule has 0 N–H and O–H groups in total. The summed E-state index contributed by atoms with van der Waals surface area (Å²) in [4.78, 5) is 16.6. The van der Waals surface area contributed by atoms with E-state index >= 15 is 0 Å². The molecule has 106 valence electrons. The van der Waals surface area contributed by atoms with Crippen molar-refractivity contribution in [2.45, 2.75) is 32.1 Å². The van der Waals surface area contributed by atoms with E-state index in [2.05, 4.69) is 25.8 Å². The molecule has 21 heavy (non-hydrogen) atoms. The zero-order valence-electron chi connectivity index (χ0n) is 12.5. The van der Waals surface area contributed by atoms with Gasteiger partial charge in [-0.05, 0) is 23.1 Å². The Morgan fingerprint density at radius 3 is 2.29 bits per heavy atom. The number of carbonyl (C=O) groups excluding carboxylic acids is 1. The number of rotatable bonds is 3. The summed E-state index contributed by atoms with van der Waals surface area (Å²) in [5.41, 5.74) is 2.23. The topological polar surface area (TPSA) is 53.8 Å². The van der Waals surface area contributed by atoms with E-state index in [1.807, 2.05) is 18.2 Å². The summed E-state index contributed by atoms with van der Waals surface area (Å²) in [6, 6.07) is 14.8. The molecule has 0 amide bonds. The first-order valence-corrected chi connectivity index (χ1v) is 6.89. The van der Waals surface area contributed by atoms with Crippen LogP contribution in [0, 0.1) is 11.3 Å². The molecule has 3 nitrogen and oxygen atoms in total. The Bertz CT molecular complexity index is 661. The molecule has 1 unspecified atom stereocenters. The van der Waals surface area contributed by atoms with Gasteiger partial charge in [0.2, 0.25) is 0 Å². The first-order valence-electron chi connectivity index (χ1n) is 6.89. The minimum Gasteiger partial charge on any atom is -0.292 e. The van der Waals surface area contributed by atoms with Crippen molar-refractivity contribution in [3.63, 3.8) is 0 Å². The van der Waals surface area contributed by atoms with E-state index in [-0.39, 0.29) is 11.2 Å². The molecule has 0 bridgehead atoms. The first kappa shape index (κ1) is 14.9. The van der Waals surface area contributed by atoms with Crippen molar-refractivity contribution < 1.29 is 4.79 Å². The van der Waals surface area contributed by atoms with Gasteiger partial charge >= 0.3 is 0 Å². The number of aromatic nitrogens is 1. The van der Waals surface area contributed by atoms with Crippen molar-refractivity contribution in [1.82, 2.24) is 4.98 Å². The van der Waals surface area contributed by atoms with E-state index < -0.39 is 5.92 Å². The van der Waals surface area contributed by atoms with Crippen LogP contribution in [0.2, 0.25) is 0 Å². The summed E-state index contributed by atoms with van der Waals surface area (Å²) >= 11 is 0. The van der Waals surface area contributed by atoms with Crippen molar-refractivity contribution in [3.05, 3.63) is 65.5 Å². The molecule has 2 aromatic rings. The summed E-state index contributed by atoms with van der Waals surface area (Å²) in [5, 5.41) is 9.28. The Hall–Kier alpha value is -2.47. The van der Waals surface area contributed by atoms with Crippen molar-refractivity contribution in [1.29, 1.82) is 5.26 Å². The van der Waals surface area contributed by atoms with Crippen molar-refractivity contribution in [2.75, 3.05) is 0 Å². The lowest BCUT2D eigenvalue weighted by molar-refractivity contribution is 0.0977. The summed E-state index contributed by atoms with van der Waals surface area (Å²) < 4.78 is 0. The number of pyridine rings is 1. The highest BCUT2D eigenvalue weighted by atomic mass is 16.1. The summed E-state index contributed by atoms with van der Waals surface area (Å²) in [6.07, 6.45) is 1.59. The molecule has 1 heterocycles. The predicted octanol–water partition coefficient (Wildman–Crippen LogP) is 3.87. The fraction of sp³-hybridized carbons (Fsp3) is 0.278. The van der Waals surface area contributed by atoms with Gasteiger partial charge in [-0.3, -0.25) is 9.78 Å². The molecule has 0 aliphatic rings. The molecule has 0 aliphatic heterocycles. The highest BCUT2D eigenvalue weighted by Gasteiger charge is 2.23. The molecular formula is C18H18N2O. The molecule has 0 spiro atoms. The van der Waals surface area contributed by atoms with Crippen LogP contribution in [0.3, 0.4) is 0 Å². The van der Waals surface area contributed by atoms with Crippen LogP contribution in [-0.2, 0) is 5.41 Å². The van der Waals surface area contributed by atoms with Gasteiger partial charge in [0, 0.05) is 11.8 Å². The predicted molar refractivity (Wildman–Crippen MR) is 82.1 cm³/mol. The third kappa shape index (κ3) is 3.35. The van der Waals surface area contributed by atoms with Crippen LogP contribution in [0.25, 0.3) is 0 Å². The minimum absolute atomic E-state index is 0.0389. The highest BCUT2D eigenvalue weighted by Crippen LogP contribution is 2.24. The number of nitriles is 1. The molecule has 3 heteroatoms. The zero-order chi connectivity index (χ0) is 15.5. The van der Waals surface area contributed by atoms with E-state index in [9.17, 15) is 10.1 Å². The number of ketones is 1. The number of hydrogen-bond acceptors (Lipinski definition) is 3. The molecule has 1 aromatic carbocycles. The molecule has 0 fully saturated rings. The molecule has 0 radical (unpaired) electrons. The molecule has 0 saturated heterocycles. The van der Waals surface area contributed by atoms with Crippen LogP contribution in [0.5, 0.6) is 0 Å². The third-order valence-corrected chi connectivity index (χ3v) is 3.41. The molecule has 2 rings (SSSR count). The van der Waals surface area contributed by atoms with Crippen LogP contribution in [-0.4, -0.2) is 10.8 Å². The average molecular weight is 278 g/mol. The van der Waals surface area contributed by atoms with Crippen LogP contribution in [0.4, 0.5) is 0 Å². The quantitative estimate of drug-likeness (QED) is 0.801. The minimum atomic E-state index is -0.855. The van der Waals surface area contributed by atoms with E-state index in [0.717, 1.165) is 5.56 Å². The van der Waals surface area contributed by atoms with Crippen LogP contribution in [0.1, 0.15) is 48.3 Å². The largest absolute Gasteiger partial charge is 0.292 e. The SMILES string of the molecule is CC(C)(C)c1ccc(C(=O)C(C#N)c2ccccn2)cc1. The third-order valence-electron chi connectivity index (χ3n) is 3.41. The maximum atomic E-state index is 12.5. The Kier molecular flexibility index (Phi) is 4.18. The Balaban J connectivity index is 2.29. The Labute approximate surface area is 125 Å². The lowest BCUT2D eigenvalue weighted by Crippen LogP contribution is -2.14. The van der Waals surface area contributed by atoms with Crippen molar-refractivity contribution in [3.8, 4) is 6.07 Å². The van der Waals surface area contributed by atoms with E-state index in [1.165, 1.54) is 0 Å². The smallest absolute Gasteiger partial charge is 0.186 e. The van der Waals surface area contributed by atoms with Gasteiger partial charge in [-0.25, -0.2) is 0 Å². The first-order chi connectivity index (χ1) is 9.93. The summed E-state index contributed by atoms with van der Waals surface area (Å²) in [7, 11) is 0. The Morgan fingerprint density at radius 1 is 1.14 bits per heavy atom. The maximum absolute atomic E-state index is 12.5. The van der Waals surface area contributed by atoms with E-state index in [4.69, 9.17) is 0 Å². The molecule has 0 saturated carbocycles. The van der Waals surface area contributed by atoms with Gasteiger partial charge in [-0.1, -0.05) is 51.1 Å². The zero-order valence-corrected chi connectivity index (χ0v) is 12.5. The number of carbonyl (C=O) groups is 1. The van der Waals surface area contributed by atoms with E-state index in [0.29, 0.717) is 11.3 Å². The number of nitrogens with zero attached hydrogens (tertiary/aromatic N) is 2. The normalized spacial score (nSPS) is 12.5. The maximum Gasteiger partial charge on any atom is 0.186 e. The van der Waals surface area contributed by atoms with Gasteiger partial charge in [0.15, 0.2) is 11.7 Å². The van der Waals surface area contributed by atoms with Gasteiger partial charge in [0.05, 0.1) is 11.8 Å². The average Bonchev–Trinajstić information content (AvgIpc) is 2.48. The molecule has 1 aromatic heterocycles. The van der Waals surface area contributed by atoms with Gasteiger partial charge in [-0.2, -0.15) is 5.26 Å². The lowest BCUT2D eigenvalue weighted by atomic mass is 9.85. The van der Waals surface area contributed by atoms with Crippen LogP contribution < -0.4 is 0 Å². The summed E-state index contributed by atoms with van der Waals surface area (Å²) in [5.74, 6) is -1.07. The number of hydrogen-bond donors (Lipinski definition) is 0. The second kappa shape index (κ2) is 5.88. The highest BCUT2D eigenvalue weighted by molar-refractivity contribution is 6.02. The fourth-order valence-corrected chi connectivity index (χ4v) is 2.11. The summed E-state index contributed by atoms with van der Waals surface area (Å²) in [6.45, 7) is 6.36. The van der Waals surface area contributed by atoms with Crippen LogP contribution in [0.15, 0.2) is 48.7 Å². The van der Waals surface area contributed by atoms with Gasteiger partial charge in [-0.15, -0.1) is 0 Å². The molecule has 1 atom stereocenters. The monoisotopic (exact) mass is 278 g/mol. The second-order valence-corrected chi connectivity index (χ2v) is 6.01. The van der Waals surface area contributed by atoms with Crippen molar-refractivity contribution in [2.24, 2.45) is 0 Å². The van der Waals surface area contributed by atoms with Gasteiger partial charge in [0.25, 0.3) is 0 Å². The van der Waals surface area contributed by atoms with Crippen molar-refractivity contribution >= 4 is 5.78 Å². The van der Waals surface area contributed by atoms with E-state index in [1.54, 1.807) is 36.5 Å². The molecular weight excluding hydrogens is 260 g/mol. The second-order valence-electron chi connectivity index (χ2n) is 6.01. The number of Topliss-reactive ketones (excluding diaryl/α,β-unsaturated/α-hetero) is 1. The lowest BCUT2D eigenvalue weighted by Gasteiger charge is -2.19. The molecule has 0 aliphatic carbocycles. The number of benzene rings is 1. The standard InChI is InChI=1S/C18H18N2O/c1-18(2,3)14-9-7-13(8-10-14)17(21)15(12-19)16-6-4-5-11-20-16/h4-11,15H,1-3H3. The Morgan fingerprint density at radius 2 is 1.81 bits per heavy atom.